The summed E-state index contributed by atoms with van der Waals surface area (Å²) in [6.45, 7) is 0. The number of ether oxygens (including phenoxy) is 1. The van der Waals surface area contributed by atoms with E-state index in [1.807, 2.05) is 6.07 Å². The van der Waals surface area contributed by atoms with E-state index in [-0.39, 0.29) is 11.8 Å². The van der Waals surface area contributed by atoms with Gasteiger partial charge in [0.15, 0.2) is 6.17 Å². The van der Waals surface area contributed by atoms with E-state index in [0.29, 0.717) is 29.6 Å². The van der Waals surface area contributed by atoms with Gasteiger partial charge in [0.1, 0.15) is 11.9 Å². The molecule has 0 unspecified atom stereocenters. The number of benzene rings is 1. The smallest absolute Gasteiger partial charge is 0.232 e. The fraction of sp³-hybridized carbons (Fsp3) is 0.350. The van der Waals surface area contributed by atoms with Gasteiger partial charge in [0.05, 0.1) is 24.3 Å². The highest BCUT2D eigenvalue weighted by Crippen LogP contribution is 2.33. The Morgan fingerprint density at radius 3 is 2.79 bits per heavy atom. The van der Waals surface area contributed by atoms with Crippen LogP contribution in [0.1, 0.15) is 19.3 Å². The Bertz CT molecular complexity index is 963. The number of hydrogen-bond donors (Lipinski definition) is 3. The summed E-state index contributed by atoms with van der Waals surface area (Å²) in [4.78, 5) is 8.61. The fourth-order valence-electron chi connectivity index (χ4n) is 4.08. The largest absolute Gasteiger partial charge is 0.507 e. The molecular weight excluding hydrogens is 361 g/mol. The van der Waals surface area contributed by atoms with Gasteiger partial charge < -0.3 is 15.2 Å². The molecule has 2 aromatic heterocycles. The van der Waals surface area contributed by atoms with Gasteiger partial charge in [-0.1, -0.05) is 6.07 Å². The molecule has 3 N–H and O–H groups in total. The summed E-state index contributed by atoms with van der Waals surface area (Å²) in [5, 5.41) is 20.3. The molecule has 144 valence electrons. The van der Waals surface area contributed by atoms with Crippen LogP contribution in [0.5, 0.6) is 11.6 Å². The van der Waals surface area contributed by atoms with E-state index >= 15 is 0 Å². The maximum Gasteiger partial charge on any atom is 0.232 e. The van der Waals surface area contributed by atoms with Crippen molar-refractivity contribution in [3.05, 3.63) is 43.0 Å². The lowest BCUT2D eigenvalue weighted by atomic mass is 10.0. The van der Waals surface area contributed by atoms with Gasteiger partial charge in [-0.05, 0) is 30.5 Å². The Kier molecular flexibility index (Phi) is 4.20. The van der Waals surface area contributed by atoms with Crippen LogP contribution in [0.4, 0.5) is 4.39 Å². The van der Waals surface area contributed by atoms with Crippen LogP contribution in [-0.4, -0.2) is 49.6 Å². The first kappa shape index (κ1) is 17.1. The summed E-state index contributed by atoms with van der Waals surface area (Å²) < 4.78 is 20.3. The lowest BCUT2D eigenvalue weighted by Gasteiger charge is -2.32. The first-order chi connectivity index (χ1) is 13.7. The molecule has 0 aliphatic carbocycles. The predicted molar refractivity (Wildman–Crippen MR) is 101 cm³/mol. The number of halogens is 1. The van der Waals surface area contributed by atoms with Crippen LogP contribution in [0.3, 0.4) is 0 Å². The van der Waals surface area contributed by atoms with Gasteiger partial charge in [-0.25, -0.2) is 14.4 Å². The van der Waals surface area contributed by atoms with Crippen LogP contribution >= 0.6 is 0 Å². The molecule has 5 rings (SSSR count). The summed E-state index contributed by atoms with van der Waals surface area (Å²) in [6, 6.07) is 5.51. The topological polar surface area (TPSA) is 96.0 Å². The standard InChI is InChI=1S/C20H20FN5O2/c21-20-15-4-2-13(26-15)6-18(20)28-19-10-22-16(9-23-19)14-3-1-11(5-17(14)27)12-7-24-25-8-12/h1,3,5,7-10,13,15,18,20,26-27H,2,4,6H2,(H,24,25)/t13-,15+,18-,20+/m0/s1. The molecule has 2 fully saturated rings. The van der Waals surface area contributed by atoms with Crippen LogP contribution in [0.25, 0.3) is 22.4 Å². The number of phenolic OH excluding ortho intramolecular Hbond substituents is 1. The summed E-state index contributed by atoms with van der Waals surface area (Å²) in [5.74, 6) is 0.396. The highest BCUT2D eigenvalue weighted by atomic mass is 19.1. The minimum atomic E-state index is -1.04. The number of aromatic amines is 1. The predicted octanol–water partition coefficient (Wildman–Crippen LogP) is 2.85. The number of alkyl halides is 1. The van der Waals surface area contributed by atoms with Gasteiger partial charge in [0.2, 0.25) is 5.88 Å². The molecule has 2 bridgehead atoms. The molecule has 0 amide bonds. The molecule has 2 aliphatic heterocycles. The Balaban J connectivity index is 1.32. The molecule has 4 atom stereocenters. The second kappa shape index (κ2) is 6.87. The maximum atomic E-state index is 14.5. The van der Waals surface area contributed by atoms with Gasteiger partial charge in [-0.15, -0.1) is 0 Å². The number of nitrogens with one attached hydrogen (secondary N) is 2. The normalized spacial score (nSPS) is 26.3. The number of phenols is 1. The zero-order chi connectivity index (χ0) is 19.1. The second-order valence-electron chi connectivity index (χ2n) is 7.34. The van der Waals surface area contributed by atoms with Gasteiger partial charge >= 0.3 is 0 Å². The number of hydrogen-bond acceptors (Lipinski definition) is 6. The minimum Gasteiger partial charge on any atom is -0.507 e. The molecule has 28 heavy (non-hydrogen) atoms. The van der Waals surface area contributed by atoms with Crippen LogP contribution in [0.2, 0.25) is 0 Å². The van der Waals surface area contributed by atoms with Crippen molar-refractivity contribution in [2.45, 2.75) is 43.6 Å². The SMILES string of the molecule is Oc1cc(-c2cn[nH]c2)ccc1-c1cnc(O[C@H]2C[C@@H]3CC[C@@H](N3)[C@H]2F)cn1. The van der Waals surface area contributed by atoms with E-state index in [0.717, 1.165) is 24.0 Å². The number of rotatable bonds is 4. The Morgan fingerprint density at radius 2 is 2.04 bits per heavy atom. The number of aromatic hydroxyl groups is 1. The van der Waals surface area contributed by atoms with Crippen LogP contribution in [0, 0.1) is 0 Å². The average Bonchev–Trinajstić information content (AvgIpc) is 3.37. The maximum absolute atomic E-state index is 14.5. The number of piperidine rings is 1. The molecule has 2 aliphatic rings. The summed E-state index contributed by atoms with van der Waals surface area (Å²) in [7, 11) is 0. The molecule has 2 saturated heterocycles. The van der Waals surface area contributed by atoms with Crippen molar-refractivity contribution < 1.29 is 14.2 Å². The lowest BCUT2D eigenvalue weighted by molar-refractivity contribution is 0.0425. The van der Waals surface area contributed by atoms with Gasteiger partial charge in [0, 0.05) is 35.8 Å². The average molecular weight is 381 g/mol. The number of H-pyrrole nitrogens is 1. The molecule has 7 nitrogen and oxygen atoms in total. The van der Waals surface area contributed by atoms with Gasteiger partial charge in [0.25, 0.3) is 0 Å². The summed E-state index contributed by atoms with van der Waals surface area (Å²) in [5.41, 5.74) is 2.81. The third-order valence-corrected chi connectivity index (χ3v) is 5.54. The van der Waals surface area contributed by atoms with Gasteiger partial charge in [-0.2, -0.15) is 5.10 Å². The van der Waals surface area contributed by atoms with E-state index in [1.54, 1.807) is 24.5 Å². The van der Waals surface area contributed by atoms with Crippen molar-refractivity contribution in [3.8, 4) is 34.0 Å². The third-order valence-electron chi connectivity index (χ3n) is 5.54. The Hall–Kier alpha value is -3.00. The van der Waals surface area contributed by atoms with Crippen LogP contribution in [-0.2, 0) is 0 Å². The van der Waals surface area contributed by atoms with E-state index < -0.39 is 12.3 Å². The highest BCUT2D eigenvalue weighted by Gasteiger charge is 2.43. The quantitative estimate of drug-likeness (QED) is 0.643. The molecule has 3 aromatic rings. The van der Waals surface area contributed by atoms with E-state index in [4.69, 9.17) is 4.74 Å². The van der Waals surface area contributed by atoms with Crippen molar-refractivity contribution >= 4 is 0 Å². The van der Waals surface area contributed by atoms with Crippen molar-refractivity contribution in [2.75, 3.05) is 0 Å². The summed E-state index contributed by atoms with van der Waals surface area (Å²) >= 11 is 0. The third kappa shape index (κ3) is 3.09. The van der Waals surface area contributed by atoms with Crippen molar-refractivity contribution in [1.82, 2.24) is 25.5 Å². The molecule has 0 saturated carbocycles. The molecule has 0 spiro atoms. The van der Waals surface area contributed by atoms with Crippen molar-refractivity contribution in [2.24, 2.45) is 0 Å². The zero-order valence-corrected chi connectivity index (χ0v) is 15.0. The molecule has 8 heteroatoms. The van der Waals surface area contributed by atoms with Crippen LogP contribution in [0.15, 0.2) is 43.0 Å². The Morgan fingerprint density at radius 1 is 1.11 bits per heavy atom. The monoisotopic (exact) mass is 381 g/mol. The minimum absolute atomic E-state index is 0.0976. The second-order valence-corrected chi connectivity index (χ2v) is 7.34. The first-order valence-corrected chi connectivity index (χ1v) is 9.39. The summed E-state index contributed by atoms with van der Waals surface area (Å²) in [6.07, 6.45) is 7.39. The van der Waals surface area contributed by atoms with Crippen molar-refractivity contribution in [3.63, 3.8) is 0 Å². The fourth-order valence-corrected chi connectivity index (χ4v) is 4.08. The van der Waals surface area contributed by atoms with E-state index in [2.05, 4.69) is 25.5 Å². The highest BCUT2D eigenvalue weighted by molar-refractivity contribution is 5.73. The van der Waals surface area contributed by atoms with Crippen LogP contribution < -0.4 is 10.1 Å². The zero-order valence-electron chi connectivity index (χ0n) is 15.0. The lowest BCUT2D eigenvalue weighted by Crippen LogP contribution is -2.51. The van der Waals surface area contributed by atoms with Gasteiger partial charge in [-0.3, -0.25) is 5.10 Å². The number of fused-ring (bicyclic) bond motifs is 2. The molecular formula is C20H20FN5O2. The molecule has 4 heterocycles. The Labute approximate surface area is 161 Å². The van der Waals surface area contributed by atoms with E-state index in [1.165, 1.54) is 12.4 Å². The first-order valence-electron chi connectivity index (χ1n) is 9.39. The van der Waals surface area contributed by atoms with Crippen molar-refractivity contribution in [1.29, 1.82) is 0 Å². The molecule has 0 radical (unpaired) electrons. The number of aromatic nitrogens is 4. The number of nitrogens with zero attached hydrogens (tertiary/aromatic N) is 3. The van der Waals surface area contributed by atoms with E-state index in [9.17, 15) is 9.50 Å². The molecule has 1 aromatic carbocycles.